The van der Waals surface area contributed by atoms with Gasteiger partial charge < -0.3 is 5.32 Å². The number of thiophene rings is 1. The van der Waals surface area contributed by atoms with Crippen LogP contribution in [0.3, 0.4) is 0 Å². The molecule has 1 fully saturated rings. The lowest BCUT2D eigenvalue weighted by molar-refractivity contribution is 0.428. The molecular weight excluding hydrogens is 270 g/mol. The molecule has 0 radical (unpaired) electrons. The Kier molecular flexibility index (Phi) is 3.25. The van der Waals surface area contributed by atoms with Crippen molar-refractivity contribution in [3.63, 3.8) is 0 Å². The van der Waals surface area contributed by atoms with Crippen molar-refractivity contribution in [1.29, 1.82) is 0 Å². The van der Waals surface area contributed by atoms with Gasteiger partial charge in [-0.2, -0.15) is 0 Å². The average molecular weight is 288 g/mol. The van der Waals surface area contributed by atoms with Gasteiger partial charge in [0.25, 0.3) is 0 Å². The van der Waals surface area contributed by atoms with Crippen LogP contribution in [0.15, 0.2) is 15.9 Å². The van der Waals surface area contributed by atoms with E-state index < -0.39 is 0 Å². The zero-order valence-corrected chi connectivity index (χ0v) is 11.9. The lowest BCUT2D eigenvalue weighted by Crippen LogP contribution is -2.31. The fraction of sp³-hybridized carbons (Fsp3) is 0.667. The molecule has 1 aliphatic rings. The third-order valence-electron chi connectivity index (χ3n) is 3.50. The van der Waals surface area contributed by atoms with Crippen LogP contribution < -0.4 is 5.32 Å². The second kappa shape index (κ2) is 4.19. The molecule has 1 aliphatic carbocycles. The summed E-state index contributed by atoms with van der Waals surface area (Å²) < 4.78 is 1.24. The minimum atomic E-state index is 0.558. The molecule has 3 heteroatoms. The first-order valence-electron chi connectivity index (χ1n) is 5.44. The van der Waals surface area contributed by atoms with Gasteiger partial charge in [0.15, 0.2) is 0 Å². The highest BCUT2D eigenvalue weighted by Gasteiger charge is 2.49. The maximum absolute atomic E-state index is 3.52. The Labute approximate surface area is 104 Å². The molecule has 1 aromatic heterocycles. The van der Waals surface area contributed by atoms with E-state index in [-0.39, 0.29) is 0 Å². The summed E-state index contributed by atoms with van der Waals surface area (Å²) in [5.41, 5.74) is 0.558. The van der Waals surface area contributed by atoms with E-state index in [1.54, 1.807) is 0 Å². The van der Waals surface area contributed by atoms with Gasteiger partial charge in [-0.05, 0) is 59.3 Å². The molecule has 1 heterocycles. The number of hydrogen-bond donors (Lipinski definition) is 1. The Hall–Kier alpha value is 0.140. The lowest BCUT2D eigenvalue weighted by Gasteiger charge is -2.16. The molecule has 0 aliphatic heterocycles. The summed E-state index contributed by atoms with van der Waals surface area (Å²) in [4.78, 5) is 1.48. The van der Waals surface area contributed by atoms with E-state index in [0.29, 0.717) is 11.5 Å². The summed E-state index contributed by atoms with van der Waals surface area (Å²) >= 11 is 5.37. The van der Waals surface area contributed by atoms with Gasteiger partial charge in [0.1, 0.15) is 0 Å². The van der Waals surface area contributed by atoms with Crippen molar-refractivity contribution < 1.29 is 0 Å². The van der Waals surface area contributed by atoms with Crippen LogP contribution in [0, 0.1) is 11.3 Å². The van der Waals surface area contributed by atoms with Crippen LogP contribution in [0.1, 0.15) is 25.1 Å². The van der Waals surface area contributed by atoms with Gasteiger partial charge in [0.05, 0.1) is 3.79 Å². The highest BCUT2D eigenvalue weighted by Crippen LogP contribution is 2.54. The molecule has 1 nitrogen and oxygen atoms in total. The van der Waals surface area contributed by atoms with E-state index in [0.717, 1.165) is 5.92 Å². The molecule has 15 heavy (non-hydrogen) atoms. The van der Waals surface area contributed by atoms with Gasteiger partial charge in [-0.3, -0.25) is 0 Å². The largest absolute Gasteiger partial charge is 0.316 e. The molecule has 2 atom stereocenters. The normalized spacial score (nSPS) is 25.2. The highest BCUT2D eigenvalue weighted by molar-refractivity contribution is 9.11. The second-order valence-corrected chi connectivity index (χ2v) is 7.65. The molecule has 2 unspecified atom stereocenters. The first-order valence-corrected chi connectivity index (χ1v) is 7.05. The lowest BCUT2D eigenvalue weighted by atomic mass is 10.0. The topological polar surface area (TPSA) is 12.0 Å². The Bertz CT molecular complexity index is 345. The summed E-state index contributed by atoms with van der Waals surface area (Å²) in [6.07, 6.45) is 2.53. The summed E-state index contributed by atoms with van der Waals surface area (Å²) in [6.45, 7) is 4.73. The van der Waals surface area contributed by atoms with E-state index in [9.17, 15) is 0 Å². The second-order valence-electron chi connectivity index (χ2n) is 5.10. The predicted molar refractivity (Wildman–Crippen MR) is 70.5 cm³/mol. The van der Waals surface area contributed by atoms with E-state index in [4.69, 9.17) is 0 Å². The molecule has 0 spiro atoms. The van der Waals surface area contributed by atoms with Gasteiger partial charge in [0.2, 0.25) is 0 Å². The van der Waals surface area contributed by atoms with E-state index >= 15 is 0 Å². The quantitative estimate of drug-likeness (QED) is 0.891. The number of halogens is 1. The first-order chi connectivity index (χ1) is 7.03. The number of nitrogens with one attached hydrogen (secondary N) is 1. The third kappa shape index (κ3) is 2.63. The number of rotatable bonds is 4. The third-order valence-corrected chi connectivity index (χ3v) is 5.14. The maximum atomic E-state index is 3.52. The van der Waals surface area contributed by atoms with Crippen LogP contribution >= 0.6 is 27.3 Å². The Morgan fingerprint density at radius 3 is 2.67 bits per heavy atom. The molecule has 1 aromatic rings. The summed E-state index contributed by atoms with van der Waals surface area (Å²) in [5.74, 6) is 0.850. The van der Waals surface area contributed by atoms with Crippen molar-refractivity contribution >= 4 is 27.3 Å². The van der Waals surface area contributed by atoms with Gasteiger partial charge in [-0.15, -0.1) is 11.3 Å². The fourth-order valence-corrected chi connectivity index (χ4v) is 3.86. The molecule has 1 N–H and O–H groups in total. The zero-order valence-electron chi connectivity index (χ0n) is 9.51. The van der Waals surface area contributed by atoms with Crippen molar-refractivity contribution in [2.45, 2.75) is 32.7 Å². The monoisotopic (exact) mass is 287 g/mol. The van der Waals surface area contributed by atoms with Crippen LogP contribution in [-0.2, 0) is 6.42 Å². The van der Waals surface area contributed by atoms with Crippen molar-refractivity contribution in [2.24, 2.45) is 11.3 Å². The summed E-state index contributed by atoms with van der Waals surface area (Å²) in [6, 6.07) is 5.02. The SMILES string of the molecule is CNC(Cc1ccc(Br)s1)C1CC1(C)C. The van der Waals surface area contributed by atoms with Crippen LogP contribution in [0.4, 0.5) is 0 Å². The molecule has 0 bridgehead atoms. The molecule has 84 valence electrons. The molecule has 0 saturated heterocycles. The van der Waals surface area contributed by atoms with Crippen LogP contribution in [0.2, 0.25) is 0 Å². The Morgan fingerprint density at radius 2 is 2.27 bits per heavy atom. The summed E-state index contributed by atoms with van der Waals surface area (Å²) in [7, 11) is 2.09. The van der Waals surface area contributed by atoms with Crippen molar-refractivity contribution in [3.05, 3.63) is 20.8 Å². The minimum absolute atomic E-state index is 0.558. The van der Waals surface area contributed by atoms with E-state index in [2.05, 4.69) is 54.3 Å². The minimum Gasteiger partial charge on any atom is -0.316 e. The molecule has 1 saturated carbocycles. The van der Waals surface area contributed by atoms with Gasteiger partial charge in [-0.25, -0.2) is 0 Å². The number of likely N-dealkylation sites (N-methyl/N-ethyl adjacent to an activating group) is 1. The predicted octanol–water partition coefficient (Wildman–Crippen LogP) is 3.69. The van der Waals surface area contributed by atoms with Crippen molar-refractivity contribution in [1.82, 2.24) is 5.32 Å². The van der Waals surface area contributed by atoms with Gasteiger partial charge in [0, 0.05) is 10.9 Å². The maximum Gasteiger partial charge on any atom is 0.0701 e. The van der Waals surface area contributed by atoms with E-state index in [1.807, 2.05) is 11.3 Å². The van der Waals surface area contributed by atoms with Crippen molar-refractivity contribution in [2.75, 3.05) is 7.05 Å². The average Bonchev–Trinajstić information content (AvgIpc) is 2.59. The highest BCUT2D eigenvalue weighted by atomic mass is 79.9. The smallest absolute Gasteiger partial charge is 0.0701 e. The number of hydrogen-bond acceptors (Lipinski definition) is 2. The molecule has 0 aromatic carbocycles. The fourth-order valence-electron chi connectivity index (χ4n) is 2.32. The van der Waals surface area contributed by atoms with Crippen molar-refractivity contribution in [3.8, 4) is 0 Å². The van der Waals surface area contributed by atoms with Gasteiger partial charge >= 0.3 is 0 Å². The van der Waals surface area contributed by atoms with E-state index in [1.165, 1.54) is 21.5 Å². The summed E-state index contributed by atoms with van der Waals surface area (Å²) in [5, 5.41) is 3.47. The van der Waals surface area contributed by atoms with Crippen LogP contribution in [0.5, 0.6) is 0 Å². The Balaban J connectivity index is 1.98. The van der Waals surface area contributed by atoms with Crippen LogP contribution in [0.25, 0.3) is 0 Å². The van der Waals surface area contributed by atoms with Crippen LogP contribution in [-0.4, -0.2) is 13.1 Å². The zero-order chi connectivity index (χ0) is 11.1. The molecular formula is C12H18BrNS. The molecule has 2 rings (SSSR count). The standard InChI is InChI=1S/C12H18BrNS/c1-12(2)7-9(12)10(14-3)6-8-4-5-11(13)15-8/h4-5,9-10,14H,6-7H2,1-3H3. The first kappa shape index (κ1) is 11.6. The van der Waals surface area contributed by atoms with Gasteiger partial charge in [-0.1, -0.05) is 13.8 Å². The molecule has 0 amide bonds. The Morgan fingerprint density at radius 1 is 1.60 bits per heavy atom.